The molecule has 0 saturated heterocycles. The lowest BCUT2D eigenvalue weighted by Crippen LogP contribution is -2.29. The molecule has 2 aromatic heterocycles. The second-order valence-corrected chi connectivity index (χ2v) is 7.48. The van der Waals surface area contributed by atoms with Crippen molar-refractivity contribution < 1.29 is 14.0 Å². The highest BCUT2D eigenvalue weighted by atomic mass is 35.5. The van der Waals surface area contributed by atoms with Gasteiger partial charge in [-0.25, -0.2) is 19.0 Å². The van der Waals surface area contributed by atoms with Crippen molar-refractivity contribution in [2.75, 3.05) is 4.90 Å². The van der Waals surface area contributed by atoms with Gasteiger partial charge in [0, 0.05) is 6.20 Å². The van der Waals surface area contributed by atoms with E-state index in [9.17, 15) is 14.0 Å². The third-order valence-electron chi connectivity index (χ3n) is 5.23. The fraction of sp³-hybridized carbons (Fsp3) is 0.0909. The number of aryl methyl sites for hydroxylation is 2. The van der Waals surface area contributed by atoms with Gasteiger partial charge in [0.05, 0.1) is 38.6 Å². The van der Waals surface area contributed by atoms with Crippen LogP contribution in [0.5, 0.6) is 0 Å². The van der Waals surface area contributed by atoms with Crippen molar-refractivity contribution >= 4 is 40.1 Å². The van der Waals surface area contributed by atoms with Gasteiger partial charge in [-0.2, -0.15) is 5.10 Å². The van der Waals surface area contributed by atoms with Gasteiger partial charge in [0.25, 0.3) is 11.8 Å². The molecule has 0 N–H and O–H groups in total. The number of hydrogen-bond acceptors (Lipinski definition) is 4. The summed E-state index contributed by atoms with van der Waals surface area (Å²) in [7, 11) is 0. The van der Waals surface area contributed by atoms with E-state index < -0.39 is 17.6 Å². The Labute approximate surface area is 175 Å². The number of nitrogens with zero attached hydrogens (tertiary/aromatic N) is 4. The van der Waals surface area contributed by atoms with Crippen molar-refractivity contribution in [2.24, 2.45) is 0 Å². The molecule has 0 saturated carbocycles. The van der Waals surface area contributed by atoms with Crippen molar-refractivity contribution in [2.45, 2.75) is 13.8 Å². The van der Waals surface area contributed by atoms with Crippen LogP contribution in [-0.4, -0.2) is 26.6 Å². The predicted molar refractivity (Wildman–Crippen MR) is 111 cm³/mol. The van der Waals surface area contributed by atoms with Gasteiger partial charge in [-0.1, -0.05) is 29.8 Å². The highest BCUT2D eigenvalue weighted by Crippen LogP contribution is 2.35. The second kappa shape index (κ2) is 6.47. The van der Waals surface area contributed by atoms with Crippen LogP contribution in [0.15, 0.2) is 48.7 Å². The van der Waals surface area contributed by atoms with E-state index in [2.05, 4.69) is 10.1 Å². The maximum absolute atomic E-state index is 13.6. The molecular weight excluding hydrogens is 407 g/mol. The Morgan fingerprint density at radius 3 is 2.53 bits per heavy atom. The molecule has 8 heteroatoms. The zero-order valence-corrected chi connectivity index (χ0v) is 16.7. The van der Waals surface area contributed by atoms with Crippen LogP contribution < -0.4 is 4.90 Å². The highest BCUT2D eigenvalue weighted by molar-refractivity contribution is 6.38. The average molecular weight is 421 g/mol. The molecule has 0 radical (unpaired) electrons. The van der Waals surface area contributed by atoms with E-state index >= 15 is 0 Å². The molecule has 0 atom stereocenters. The Balaban J connectivity index is 1.72. The summed E-state index contributed by atoms with van der Waals surface area (Å²) in [5.41, 5.74) is 3.52. The van der Waals surface area contributed by atoms with E-state index in [4.69, 9.17) is 11.6 Å². The van der Waals surface area contributed by atoms with Crippen LogP contribution in [-0.2, 0) is 0 Å². The fourth-order valence-electron chi connectivity index (χ4n) is 3.79. The van der Waals surface area contributed by atoms with E-state index in [1.165, 1.54) is 18.3 Å². The summed E-state index contributed by atoms with van der Waals surface area (Å²) < 4.78 is 15.2. The minimum Gasteiger partial charge on any atom is -0.268 e. The molecule has 148 valence electrons. The van der Waals surface area contributed by atoms with Gasteiger partial charge in [-0.05, 0) is 43.7 Å². The number of aromatic nitrogens is 3. The molecule has 1 aliphatic heterocycles. The number of imide groups is 1. The van der Waals surface area contributed by atoms with Crippen molar-refractivity contribution in [3.05, 3.63) is 81.9 Å². The third-order valence-corrected chi connectivity index (χ3v) is 5.52. The first kappa shape index (κ1) is 18.4. The Kier molecular flexibility index (Phi) is 3.98. The van der Waals surface area contributed by atoms with Gasteiger partial charge in [-0.15, -0.1) is 0 Å². The Bertz CT molecular complexity index is 1400. The van der Waals surface area contributed by atoms with Crippen LogP contribution in [0.25, 0.3) is 16.7 Å². The molecule has 2 amide bonds. The number of carbonyl (C=O) groups is 2. The number of pyridine rings is 1. The lowest BCUT2D eigenvalue weighted by Gasteiger charge is -2.14. The standard InChI is InChI=1S/C22H14ClFN4O2/c1-11-5-3-4-6-17(11)28-20-18(12(2)26-28)19-14(10-25-20)21(29)27(22(19)30)13-7-8-16(24)15(23)9-13/h3-10H,1-2H3. The quantitative estimate of drug-likeness (QED) is 0.443. The predicted octanol–water partition coefficient (Wildman–Crippen LogP) is 4.63. The number of carbonyl (C=O) groups excluding carboxylic acids is 2. The topological polar surface area (TPSA) is 68.1 Å². The lowest BCUT2D eigenvalue weighted by atomic mass is 10.1. The number of para-hydroxylation sites is 1. The van der Waals surface area contributed by atoms with Gasteiger partial charge in [-0.3, -0.25) is 9.59 Å². The molecular formula is C22H14ClFN4O2. The van der Waals surface area contributed by atoms with Gasteiger partial charge in [0.15, 0.2) is 5.65 Å². The first-order valence-electron chi connectivity index (χ1n) is 9.16. The molecule has 0 bridgehead atoms. The van der Waals surface area contributed by atoms with Crippen molar-refractivity contribution in [3.8, 4) is 5.69 Å². The maximum atomic E-state index is 13.6. The van der Waals surface area contributed by atoms with Gasteiger partial charge < -0.3 is 0 Å². The van der Waals surface area contributed by atoms with E-state index in [-0.39, 0.29) is 21.8 Å². The molecule has 30 heavy (non-hydrogen) atoms. The van der Waals surface area contributed by atoms with Crippen LogP contribution in [0.2, 0.25) is 5.02 Å². The number of hydrogen-bond donors (Lipinski definition) is 0. The first-order valence-corrected chi connectivity index (χ1v) is 9.54. The largest absolute Gasteiger partial charge is 0.268 e. The average Bonchev–Trinajstić information content (AvgIpc) is 3.19. The Morgan fingerprint density at radius 2 is 1.80 bits per heavy atom. The van der Waals surface area contributed by atoms with Crippen molar-refractivity contribution in [3.63, 3.8) is 0 Å². The molecule has 4 aromatic rings. The summed E-state index contributed by atoms with van der Waals surface area (Å²) in [6.07, 6.45) is 1.39. The smallest absolute Gasteiger partial charge is 0.267 e. The number of anilines is 1. The van der Waals surface area contributed by atoms with Crippen molar-refractivity contribution in [1.82, 2.24) is 14.8 Å². The zero-order chi connectivity index (χ0) is 21.2. The third kappa shape index (κ3) is 2.48. The zero-order valence-electron chi connectivity index (χ0n) is 16.0. The van der Waals surface area contributed by atoms with Crippen LogP contribution in [0.3, 0.4) is 0 Å². The highest BCUT2D eigenvalue weighted by Gasteiger charge is 2.40. The van der Waals surface area contributed by atoms with E-state index in [0.717, 1.165) is 22.2 Å². The lowest BCUT2D eigenvalue weighted by molar-refractivity contribution is 0.0926. The van der Waals surface area contributed by atoms with E-state index in [1.54, 1.807) is 11.6 Å². The van der Waals surface area contributed by atoms with Crippen LogP contribution in [0.1, 0.15) is 32.0 Å². The minimum absolute atomic E-state index is 0.170. The molecule has 0 unspecified atom stereocenters. The number of benzene rings is 2. The summed E-state index contributed by atoms with van der Waals surface area (Å²) >= 11 is 5.86. The molecule has 0 aliphatic carbocycles. The molecule has 2 aromatic carbocycles. The summed E-state index contributed by atoms with van der Waals surface area (Å²) in [5.74, 6) is -1.68. The summed E-state index contributed by atoms with van der Waals surface area (Å²) in [6, 6.07) is 11.4. The number of fused-ring (bicyclic) bond motifs is 3. The molecule has 0 spiro atoms. The SMILES string of the molecule is Cc1ccccc1-n1nc(C)c2c3c(cnc21)C(=O)N(c1ccc(F)c(Cl)c1)C3=O. The second-order valence-electron chi connectivity index (χ2n) is 7.07. The monoisotopic (exact) mass is 420 g/mol. The van der Waals surface area contributed by atoms with Gasteiger partial charge >= 0.3 is 0 Å². The van der Waals surface area contributed by atoms with E-state index in [0.29, 0.717) is 16.7 Å². The summed E-state index contributed by atoms with van der Waals surface area (Å²) in [5, 5.41) is 4.93. The van der Waals surface area contributed by atoms with Crippen LogP contribution in [0.4, 0.5) is 10.1 Å². The van der Waals surface area contributed by atoms with Gasteiger partial charge in [0.1, 0.15) is 5.82 Å². The van der Waals surface area contributed by atoms with Crippen molar-refractivity contribution in [1.29, 1.82) is 0 Å². The number of halogens is 2. The van der Waals surface area contributed by atoms with Crippen LogP contribution >= 0.6 is 11.6 Å². The maximum Gasteiger partial charge on any atom is 0.267 e. The summed E-state index contributed by atoms with van der Waals surface area (Å²) in [4.78, 5) is 31.7. The minimum atomic E-state index is -0.628. The van der Waals surface area contributed by atoms with Gasteiger partial charge in [0.2, 0.25) is 0 Å². The molecule has 6 nitrogen and oxygen atoms in total. The Morgan fingerprint density at radius 1 is 1.03 bits per heavy atom. The first-order chi connectivity index (χ1) is 14.4. The molecule has 1 aliphatic rings. The molecule has 0 fully saturated rings. The summed E-state index contributed by atoms with van der Waals surface area (Å²) in [6.45, 7) is 3.73. The molecule has 5 rings (SSSR count). The fourth-order valence-corrected chi connectivity index (χ4v) is 3.96. The van der Waals surface area contributed by atoms with E-state index in [1.807, 2.05) is 31.2 Å². The number of rotatable bonds is 2. The van der Waals surface area contributed by atoms with Crippen LogP contribution in [0, 0.1) is 19.7 Å². The number of amides is 2. The normalized spacial score (nSPS) is 13.4. The molecule has 3 heterocycles. The Hall–Kier alpha value is -3.58.